The number of aryl methyl sites for hydroxylation is 1. The largest absolute Gasteiger partial charge is 0.357 e. The number of benzene rings is 1. The Morgan fingerprint density at radius 3 is 2.72 bits per heavy atom. The number of carbonyl (C=O) groups is 1. The number of guanidine groups is 1. The van der Waals surface area contributed by atoms with Gasteiger partial charge >= 0.3 is 0 Å². The molecule has 5 nitrogen and oxygen atoms in total. The van der Waals surface area contributed by atoms with E-state index in [4.69, 9.17) is 0 Å². The van der Waals surface area contributed by atoms with E-state index in [0.29, 0.717) is 29.6 Å². The zero-order valence-corrected chi connectivity index (χ0v) is 15.7. The summed E-state index contributed by atoms with van der Waals surface area (Å²) in [6, 6.07) is 4.51. The summed E-state index contributed by atoms with van der Waals surface area (Å²) in [7, 11) is 0. The molecular formula is C19H29FN4O. The van der Waals surface area contributed by atoms with Gasteiger partial charge in [-0.3, -0.25) is 9.79 Å². The summed E-state index contributed by atoms with van der Waals surface area (Å²) >= 11 is 0. The van der Waals surface area contributed by atoms with Crippen LogP contribution in [0.5, 0.6) is 0 Å². The van der Waals surface area contributed by atoms with Crippen LogP contribution in [0.4, 0.5) is 4.39 Å². The van der Waals surface area contributed by atoms with Crippen LogP contribution in [0.3, 0.4) is 0 Å². The molecule has 6 heteroatoms. The monoisotopic (exact) mass is 348 g/mol. The van der Waals surface area contributed by atoms with E-state index in [1.54, 1.807) is 19.1 Å². The molecule has 0 unspecified atom stereocenters. The second-order valence-corrected chi connectivity index (χ2v) is 7.29. The Morgan fingerprint density at radius 2 is 2.12 bits per heavy atom. The van der Waals surface area contributed by atoms with Crippen LogP contribution in [0.25, 0.3) is 0 Å². The van der Waals surface area contributed by atoms with Crippen molar-refractivity contribution in [2.24, 2.45) is 10.4 Å². The van der Waals surface area contributed by atoms with Gasteiger partial charge in [-0.15, -0.1) is 0 Å². The molecule has 0 aromatic heterocycles. The molecule has 138 valence electrons. The minimum absolute atomic E-state index is 0.276. The van der Waals surface area contributed by atoms with Gasteiger partial charge in [-0.25, -0.2) is 4.39 Å². The van der Waals surface area contributed by atoms with Gasteiger partial charge in [0.2, 0.25) is 0 Å². The zero-order valence-electron chi connectivity index (χ0n) is 15.7. The molecule has 1 saturated heterocycles. The lowest BCUT2D eigenvalue weighted by atomic mass is 9.93. The number of rotatable bonds is 5. The predicted octanol–water partition coefficient (Wildman–Crippen LogP) is 2.56. The van der Waals surface area contributed by atoms with E-state index in [2.05, 4.69) is 34.4 Å². The van der Waals surface area contributed by atoms with E-state index < -0.39 is 0 Å². The van der Waals surface area contributed by atoms with Gasteiger partial charge in [0, 0.05) is 31.7 Å². The number of likely N-dealkylation sites (tertiary alicyclic amines) is 1. The summed E-state index contributed by atoms with van der Waals surface area (Å²) in [4.78, 5) is 18.9. The molecule has 1 aliphatic heterocycles. The van der Waals surface area contributed by atoms with E-state index in [9.17, 15) is 9.18 Å². The van der Waals surface area contributed by atoms with Crippen molar-refractivity contribution in [2.45, 2.75) is 34.1 Å². The van der Waals surface area contributed by atoms with Crippen LogP contribution < -0.4 is 10.6 Å². The second kappa shape index (κ2) is 8.32. The molecule has 2 rings (SSSR count). The molecule has 2 N–H and O–H groups in total. The normalized spacial score (nSPS) is 16.8. The molecule has 1 aromatic rings. The Labute approximate surface area is 149 Å². The Bertz CT molecular complexity index is 642. The van der Waals surface area contributed by atoms with Crippen LogP contribution >= 0.6 is 0 Å². The van der Waals surface area contributed by atoms with Crippen LogP contribution in [-0.4, -0.2) is 49.5 Å². The van der Waals surface area contributed by atoms with Crippen molar-refractivity contribution in [3.63, 3.8) is 0 Å². The third-order valence-electron chi connectivity index (χ3n) is 4.40. The fraction of sp³-hybridized carbons (Fsp3) is 0.579. The molecule has 0 spiro atoms. The first kappa shape index (κ1) is 19.2. The summed E-state index contributed by atoms with van der Waals surface area (Å²) in [5.41, 5.74) is 1.17. The summed E-state index contributed by atoms with van der Waals surface area (Å²) < 4.78 is 13.5. The molecule has 0 radical (unpaired) electrons. The number of amides is 1. The number of aliphatic imine (C=N–C) groups is 1. The van der Waals surface area contributed by atoms with E-state index in [-0.39, 0.29) is 11.7 Å². The fourth-order valence-electron chi connectivity index (χ4n) is 2.89. The van der Waals surface area contributed by atoms with Crippen molar-refractivity contribution < 1.29 is 9.18 Å². The summed E-state index contributed by atoms with van der Waals surface area (Å²) in [6.45, 7) is 11.9. The molecule has 0 atom stereocenters. The summed E-state index contributed by atoms with van der Waals surface area (Å²) in [6.07, 6.45) is 1.15. The molecule has 1 aliphatic rings. The molecule has 1 amide bonds. The van der Waals surface area contributed by atoms with Gasteiger partial charge in [-0.1, -0.05) is 19.9 Å². The van der Waals surface area contributed by atoms with Gasteiger partial charge in [-0.05, 0) is 43.4 Å². The van der Waals surface area contributed by atoms with Gasteiger partial charge < -0.3 is 15.5 Å². The quantitative estimate of drug-likeness (QED) is 0.488. The standard InChI is InChI=1S/C19H29FN4O/c1-5-21-18(24-11-8-19(3,4)13-24)23-10-9-22-17(25)15-7-6-14(2)16(20)12-15/h6-7,12H,5,8-11,13H2,1-4H3,(H,21,23)(H,22,25). The molecule has 1 fully saturated rings. The van der Waals surface area contributed by atoms with Gasteiger partial charge in [0.25, 0.3) is 5.91 Å². The van der Waals surface area contributed by atoms with Crippen molar-refractivity contribution in [3.05, 3.63) is 35.1 Å². The average molecular weight is 348 g/mol. The third-order valence-corrected chi connectivity index (χ3v) is 4.40. The molecule has 0 bridgehead atoms. The van der Waals surface area contributed by atoms with Crippen molar-refractivity contribution in [2.75, 3.05) is 32.7 Å². The molecule has 0 saturated carbocycles. The Kier molecular flexibility index (Phi) is 6.39. The van der Waals surface area contributed by atoms with Crippen LogP contribution in [0.1, 0.15) is 43.1 Å². The zero-order chi connectivity index (χ0) is 18.4. The highest BCUT2D eigenvalue weighted by Crippen LogP contribution is 2.28. The minimum Gasteiger partial charge on any atom is -0.357 e. The maximum Gasteiger partial charge on any atom is 0.251 e. The third kappa shape index (κ3) is 5.44. The molecule has 25 heavy (non-hydrogen) atoms. The van der Waals surface area contributed by atoms with Crippen molar-refractivity contribution in [1.82, 2.24) is 15.5 Å². The number of hydrogen-bond donors (Lipinski definition) is 2. The maximum absolute atomic E-state index is 13.5. The molecule has 1 aromatic carbocycles. The van der Waals surface area contributed by atoms with E-state index in [1.807, 2.05) is 6.92 Å². The maximum atomic E-state index is 13.5. The predicted molar refractivity (Wildman–Crippen MR) is 99.4 cm³/mol. The topological polar surface area (TPSA) is 56.7 Å². The van der Waals surface area contributed by atoms with E-state index >= 15 is 0 Å². The van der Waals surface area contributed by atoms with Crippen LogP contribution in [0, 0.1) is 18.2 Å². The van der Waals surface area contributed by atoms with Gasteiger partial charge in [0.1, 0.15) is 5.82 Å². The number of nitrogens with one attached hydrogen (secondary N) is 2. The van der Waals surface area contributed by atoms with Crippen molar-refractivity contribution in [1.29, 1.82) is 0 Å². The number of nitrogens with zero attached hydrogens (tertiary/aromatic N) is 2. The SMILES string of the molecule is CCNC(=NCCNC(=O)c1ccc(C)c(F)c1)N1CCC(C)(C)C1. The second-order valence-electron chi connectivity index (χ2n) is 7.29. The lowest BCUT2D eigenvalue weighted by Gasteiger charge is -2.23. The lowest BCUT2D eigenvalue weighted by Crippen LogP contribution is -2.41. The number of halogens is 1. The molecule has 0 aliphatic carbocycles. The van der Waals surface area contributed by atoms with Gasteiger partial charge in [0.15, 0.2) is 5.96 Å². The van der Waals surface area contributed by atoms with Crippen LogP contribution in [-0.2, 0) is 0 Å². The van der Waals surface area contributed by atoms with Crippen LogP contribution in [0.15, 0.2) is 23.2 Å². The first-order chi connectivity index (χ1) is 11.8. The Balaban J connectivity index is 1.87. The fourth-order valence-corrected chi connectivity index (χ4v) is 2.89. The van der Waals surface area contributed by atoms with Gasteiger partial charge in [0.05, 0.1) is 6.54 Å². The molecular weight excluding hydrogens is 319 g/mol. The highest BCUT2D eigenvalue weighted by molar-refractivity contribution is 5.94. The minimum atomic E-state index is -0.364. The van der Waals surface area contributed by atoms with Crippen molar-refractivity contribution >= 4 is 11.9 Å². The highest BCUT2D eigenvalue weighted by Gasteiger charge is 2.30. The Hall–Kier alpha value is -2.11. The van der Waals surface area contributed by atoms with Crippen molar-refractivity contribution in [3.8, 4) is 0 Å². The lowest BCUT2D eigenvalue weighted by molar-refractivity contribution is 0.0954. The summed E-state index contributed by atoms with van der Waals surface area (Å²) in [5.74, 6) is 0.252. The Morgan fingerprint density at radius 1 is 1.36 bits per heavy atom. The highest BCUT2D eigenvalue weighted by atomic mass is 19.1. The van der Waals surface area contributed by atoms with Gasteiger partial charge in [-0.2, -0.15) is 0 Å². The first-order valence-corrected chi connectivity index (χ1v) is 8.90. The summed E-state index contributed by atoms with van der Waals surface area (Å²) in [5, 5.41) is 6.10. The van der Waals surface area contributed by atoms with Crippen LogP contribution in [0.2, 0.25) is 0 Å². The van der Waals surface area contributed by atoms with E-state index in [0.717, 1.165) is 32.0 Å². The number of hydrogen-bond acceptors (Lipinski definition) is 2. The number of carbonyl (C=O) groups excluding carboxylic acids is 1. The molecule has 1 heterocycles. The van der Waals surface area contributed by atoms with E-state index in [1.165, 1.54) is 6.07 Å². The average Bonchev–Trinajstić information content (AvgIpc) is 2.92. The smallest absolute Gasteiger partial charge is 0.251 e. The first-order valence-electron chi connectivity index (χ1n) is 8.90.